The summed E-state index contributed by atoms with van der Waals surface area (Å²) in [6.07, 6.45) is 5.84. The molecule has 1 unspecified atom stereocenters. The van der Waals surface area contributed by atoms with Crippen molar-refractivity contribution in [2.45, 2.75) is 12.3 Å². The van der Waals surface area contributed by atoms with Crippen molar-refractivity contribution >= 4 is 22.4 Å². The van der Waals surface area contributed by atoms with Crippen LogP contribution in [0.4, 0.5) is 5.69 Å². The Hall–Kier alpha value is -3.65. The summed E-state index contributed by atoms with van der Waals surface area (Å²) in [7, 11) is 4.76. The van der Waals surface area contributed by atoms with Crippen LogP contribution in [0.15, 0.2) is 48.5 Å². The van der Waals surface area contributed by atoms with Crippen LogP contribution in [0.5, 0.6) is 17.2 Å². The number of carbonyl (C=O) groups is 1. The van der Waals surface area contributed by atoms with Gasteiger partial charge in [0.15, 0.2) is 11.5 Å². The first-order valence-corrected chi connectivity index (χ1v) is 9.68. The monoisotopic (exact) mass is 401 g/mol. The molecule has 0 radical (unpaired) electrons. The van der Waals surface area contributed by atoms with E-state index in [-0.39, 0.29) is 24.8 Å². The van der Waals surface area contributed by atoms with E-state index < -0.39 is 0 Å². The van der Waals surface area contributed by atoms with E-state index in [9.17, 15) is 4.79 Å². The van der Waals surface area contributed by atoms with E-state index in [0.717, 1.165) is 27.6 Å². The molecule has 5 heteroatoms. The zero-order valence-electron chi connectivity index (χ0n) is 17.3. The number of hydrogen-bond donors (Lipinski definition) is 0. The molecule has 1 heterocycles. The SMILES string of the molecule is C#CCN1C(=O)CC(c2ccc(OC)c(OC)c2OC)c2c1ccc1ccccc21. The number of ether oxygens (including phenoxy) is 3. The molecule has 1 atom stereocenters. The molecule has 0 bridgehead atoms. The predicted octanol–water partition coefficient (Wildman–Crippen LogP) is 4.37. The van der Waals surface area contributed by atoms with Crippen molar-refractivity contribution < 1.29 is 19.0 Å². The minimum absolute atomic E-state index is 0.0161. The summed E-state index contributed by atoms with van der Waals surface area (Å²) in [6.45, 7) is 0.236. The smallest absolute Gasteiger partial charge is 0.228 e. The van der Waals surface area contributed by atoms with Gasteiger partial charge in [0.25, 0.3) is 0 Å². The van der Waals surface area contributed by atoms with Gasteiger partial charge >= 0.3 is 0 Å². The number of carbonyl (C=O) groups excluding carboxylic acids is 1. The summed E-state index contributed by atoms with van der Waals surface area (Å²) >= 11 is 0. The molecule has 0 aliphatic carbocycles. The largest absolute Gasteiger partial charge is 0.493 e. The number of methoxy groups -OCH3 is 3. The van der Waals surface area contributed by atoms with Gasteiger partial charge in [0, 0.05) is 23.6 Å². The molecule has 1 aliphatic rings. The lowest BCUT2D eigenvalue weighted by Gasteiger charge is -2.35. The molecule has 0 saturated carbocycles. The number of rotatable bonds is 5. The van der Waals surface area contributed by atoms with E-state index >= 15 is 0 Å². The van der Waals surface area contributed by atoms with E-state index in [0.29, 0.717) is 17.2 Å². The number of nitrogens with zero attached hydrogens (tertiary/aromatic N) is 1. The van der Waals surface area contributed by atoms with Gasteiger partial charge in [0.05, 0.1) is 27.9 Å². The highest BCUT2D eigenvalue weighted by Gasteiger charge is 2.35. The van der Waals surface area contributed by atoms with Crippen molar-refractivity contribution in [2.24, 2.45) is 0 Å². The fraction of sp³-hybridized carbons (Fsp3) is 0.240. The van der Waals surface area contributed by atoms with E-state index in [1.807, 2.05) is 36.4 Å². The molecule has 0 saturated heterocycles. The van der Waals surface area contributed by atoms with Gasteiger partial charge in [-0.25, -0.2) is 0 Å². The van der Waals surface area contributed by atoms with E-state index in [1.165, 1.54) is 0 Å². The molecule has 152 valence electrons. The molecule has 30 heavy (non-hydrogen) atoms. The number of terminal acetylenes is 1. The maximum Gasteiger partial charge on any atom is 0.228 e. The molecular weight excluding hydrogens is 378 g/mol. The van der Waals surface area contributed by atoms with Crippen molar-refractivity contribution in [3.05, 3.63) is 59.7 Å². The fourth-order valence-electron chi connectivity index (χ4n) is 4.34. The van der Waals surface area contributed by atoms with Crippen molar-refractivity contribution in [1.82, 2.24) is 0 Å². The number of fused-ring (bicyclic) bond motifs is 3. The Labute approximate surface area is 176 Å². The highest BCUT2D eigenvalue weighted by Crippen LogP contribution is 2.50. The van der Waals surface area contributed by atoms with Gasteiger partial charge in [-0.1, -0.05) is 42.3 Å². The molecule has 1 aliphatic heterocycles. The van der Waals surface area contributed by atoms with Crippen LogP contribution in [-0.2, 0) is 4.79 Å². The summed E-state index contributed by atoms with van der Waals surface area (Å²) < 4.78 is 16.7. The Morgan fingerprint density at radius 3 is 2.47 bits per heavy atom. The van der Waals surface area contributed by atoms with Gasteiger partial charge in [-0.15, -0.1) is 6.42 Å². The summed E-state index contributed by atoms with van der Waals surface area (Å²) in [5, 5.41) is 2.20. The number of amides is 1. The third-order valence-corrected chi connectivity index (χ3v) is 5.63. The van der Waals surface area contributed by atoms with E-state index in [2.05, 4.69) is 18.1 Å². The summed E-state index contributed by atoms with van der Waals surface area (Å²) in [5.41, 5.74) is 2.78. The molecule has 3 aromatic rings. The van der Waals surface area contributed by atoms with Gasteiger partial charge < -0.3 is 19.1 Å². The Balaban J connectivity index is 2.02. The summed E-state index contributed by atoms with van der Waals surface area (Å²) in [4.78, 5) is 14.8. The van der Waals surface area contributed by atoms with Gasteiger partial charge in [-0.2, -0.15) is 0 Å². The lowest BCUT2D eigenvalue weighted by Crippen LogP contribution is -2.37. The molecule has 0 spiro atoms. The molecule has 1 amide bonds. The Kier molecular flexibility index (Phi) is 5.24. The molecule has 4 rings (SSSR count). The molecule has 3 aromatic carbocycles. The zero-order valence-corrected chi connectivity index (χ0v) is 17.3. The first-order chi connectivity index (χ1) is 14.6. The van der Waals surface area contributed by atoms with Crippen molar-refractivity contribution in [3.8, 4) is 29.6 Å². The Bertz CT molecular complexity index is 1160. The van der Waals surface area contributed by atoms with Crippen LogP contribution in [-0.4, -0.2) is 33.8 Å². The third kappa shape index (κ3) is 3.02. The van der Waals surface area contributed by atoms with Crippen LogP contribution in [0.3, 0.4) is 0 Å². The highest BCUT2D eigenvalue weighted by atomic mass is 16.5. The maximum absolute atomic E-state index is 13.1. The molecular formula is C25H23NO4. The standard InChI is InChI=1S/C25H23NO4/c1-5-14-26-20-12-10-16-8-6-7-9-17(16)23(20)19(15-22(26)27)18-11-13-21(28-2)25(30-4)24(18)29-3/h1,6-13,19H,14-15H2,2-4H3. The average molecular weight is 401 g/mol. The van der Waals surface area contributed by atoms with E-state index in [1.54, 1.807) is 26.2 Å². The second kappa shape index (κ2) is 8.00. The van der Waals surface area contributed by atoms with Gasteiger partial charge in [-0.3, -0.25) is 4.79 Å². The quantitative estimate of drug-likeness (QED) is 0.596. The average Bonchev–Trinajstić information content (AvgIpc) is 2.79. The summed E-state index contributed by atoms with van der Waals surface area (Å²) in [5.74, 6) is 4.05. The zero-order chi connectivity index (χ0) is 21.3. The minimum Gasteiger partial charge on any atom is -0.493 e. The highest BCUT2D eigenvalue weighted by molar-refractivity contribution is 6.03. The van der Waals surface area contributed by atoms with Gasteiger partial charge in [-0.05, 0) is 28.5 Å². The number of hydrogen-bond acceptors (Lipinski definition) is 4. The minimum atomic E-state index is -0.206. The molecule has 0 aromatic heterocycles. The fourth-order valence-corrected chi connectivity index (χ4v) is 4.34. The van der Waals surface area contributed by atoms with Crippen LogP contribution in [0.2, 0.25) is 0 Å². The molecule has 5 nitrogen and oxygen atoms in total. The lowest BCUT2D eigenvalue weighted by atomic mass is 9.80. The first kappa shape index (κ1) is 19.7. The Morgan fingerprint density at radius 1 is 1.00 bits per heavy atom. The van der Waals surface area contributed by atoms with Crippen LogP contribution in [0.25, 0.3) is 10.8 Å². The maximum atomic E-state index is 13.1. The number of anilines is 1. The molecule has 0 fully saturated rings. The predicted molar refractivity (Wildman–Crippen MR) is 118 cm³/mol. The second-order valence-electron chi connectivity index (χ2n) is 7.08. The number of benzene rings is 3. The van der Waals surface area contributed by atoms with Crippen LogP contribution in [0.1, 0.15) is 23.5 Å². The second-order valence-corrected chi connectivity index (χ2v) is 7.08. The summed E-state index contributed by atoms with van der Waals surface area (Å²) in [6, 6.07) is 16.0. The van der Waals surface area contributed by atoms with Crippen LogP contribution >= 0.6 is 0 Å². The third-order valence-electron chi connectivity index (χ3n) is 5.63. The Morgan fingerprint density at radius 2 is 1.77 bits per heavy atom. The first-order valence-electron chi connectivity index (χ1n) is 9.68. The van der Waals surface area contributed by atoms with Crippen molar-refractivity contribution in [2.75, 3.05) is 32.8 Å². The van der Waals surface area contributed by atoms with Crippen LogP contribution in [0, 0.1) is 12.3 Å². The van der Waals surface area contributed by atoms with Crippen molar-refractivity contribution in [3.63, 3.8) is 0 Å². The lowest BCUT2D eigenvalue weighted by molar-refractivity contribution is -0.119. The van der Waals surface area contributed by atoms with Gasteiger partial charge in [0.1, 0.15) is 0 Å². The van der Waals surface area contributed by atoms with E-state index in [4.69, 9.17) is 20.6 Å². The van der Waals surface area contributed by atoms with Crippen LogP contribution < -0.4 is 19.1 Å². The normalized spacial score (nSPS) is 15.5. The topological polar surface area (TPSA) is 48.0 Å². The molecule has 0 N–H and O–H groups in total. The van der Waals surface area contributed by atoms with Gasteiger partial charge in [0.2, 0.25) is 11.7 Å². The van der Waals surface area contributed by atoms with Crippen molar-refractivity contribution in [1.29, 1.82) is 0 Å².